The van der Waals surface area contributed by atoms with Gasteiger partial charge in [0.2, 0.25) is 0 Å². The summed E-state index contributed by atoms with van der Waals surface area (Å²) >= 11 is 6.13. The molecule has 0 radical (unpaired) electrons. The van der Waals surface area contributed by atoms with E-state index in [9.17, 15) is 10.2 Å². The van der Waals surface area contributed by atoms with Crippen molar-refractivity contribution >= 4 is 11.6 Å². The molecule has 4 heteroatoms. The molecule has 2 aromatic rings. The van der Waals surface area contributed by atoms with Gasteiger partial charge in [-0.3, -0.25) is 4.90 Å². The van der Waals surface area contributed by atoms with Crippen molar-refractivity contribution in [2.75, 3.05) is 6.54 Å². The minimum Gasteiger partial charge on any atom is -0.504 e. The Morgan fingerprint density at radius 1 is 1.12 bits per heavy atom. The fourth-order valence-corrected chi connectivity index (χ4v) is 4.69. The van der Waals surface area contributed by atoms with Crippen molar-refractivity contribution in [3.05, 3.63) is 58.1 Å². The summed E-state index contributed by atoms with van der Waals surface area (Å²) in [5, 5.41) is 20.7. The van der Waals surface area contributed by atoms with Crippen LogP contribution >= 0.6 is 11.6 Å². The van der Waals surface area contributed by atoms with Gasteiger partial charge in [-0.15, -0.1) is 0 Å². The van der Waals surface area contributed by atoms with E-state index in [4.69, 9.17) is 11.6 Å². The summed E-state index contributed by atoms with van der Waals surface area (Å²) in [6, 6.07) is 12.2. The number of fused-ring (bicyclic) bond motifs is 3. The molecule has 0 amide bonds. The highest BCUT2D eigenvalue weighted by atomic mass is 35.5. The molecule has 2 aromatic carbocycles. The van der Waals surface area contributed by atoms with Crippen molar-refractivity contribution in [1.29, 1.82) is 0 Å². The van der Waals surface area contributed by atoms with Gasteiger partial charge in [-0.25, -0.2) is 0 Å². The first kappa shape index (κ1) is 15.8. The van der Waals surface area contributed by atoms with Crippen LogP contribution in [0.25, 0.3) is 0 Å². The van der Waals surface area contributed by atoms with Crippen molar-refractivity contribution in [3.63, 3.8) is 0 Å². The normalized spacial score (nSPS) is 23.5. The third kappa shape index (κ3) is 2.76. The van der Waals surface area contributed by atoms with Gasteiger partial charge >= 0.3 is 0 Å². The number of piperidine rings is 1. The number of phenols is 2. The Hall–Kier alpha value is -1.71. The van der Waals surface area contributed by atoms with Gasteiger partial charge in [0.1, 0.15) is 0 Å². The second-order valence-corrected chi connectivity index (χ2v) is 7.39. The van der Waals surface area contributed by atoms with E-state index < -0.39 is 0 Å². The van der Waals surface area contributed by atoms with Crippen molar-refractivity contribution in [3.8, 4) is 11.5 Å². The van der Waals surface area contributed by atoms with E-state index in [-0.39, 0.29) is 11.5 Å². The van der Waals surface area contributed by atoms with Gasteiger partial charge in [0.25, 0.3) is 0 Å². The zero-order valence-corrected chi connectivity index (χ0v) is 14.3. The van der Waals surface area contributed by atoms with Crippen molar-refractivity contribution in [1.82, 2.24) is 4.90 Å². The fourth-order valence-electron chi connectivity index (χ4n) is 4.48. The number of nitrogens with zero attached hydrogens (tertiary/aromatic N) is 1. The number of halogens is 1. The third-order valence-electron chi connectivity index (χ3n) is 5.56. The first-order valence-corrected chi connectivity index (χ1v) is 9.03. The molecular weight excluding hydrogens is 322 g/mol. The number of hydrogen-bond acceptors (Lipinski definition) is 3. The monoisotopic (exact) mass is 343 g/mol. The molecule has 2 N–H and O–H groups in total. The Balaban J connectivity index is 1.61. The standard InChI is InChI=1S/C20H22ClNO2/c21-14-4-1-3-13(11-14)12-22-10-2-5-16-15-7-9-19(23)20(24)17(15)6-8-18(16)22/h1,3-4,7,9,11,16,18,23-24H,2,5-6,8,10,12H2/t16-,18-/m1/s1. The van der Waals surface area contributed by atoms with Crippen LogP contribution in [-0.2, 0) is 13.0 Å². The second kappa shape index (κ2) is 6.30. The molecule has 4 rings (SSSR count). The highest BCUT2D eigenvalue weighted by Gasteiger charge is 2.37. The number of benzene rings is 2. The van der Waals surface area contributed by atoms with Gasteiger partial charge in [-0.1, -0.05) is 29.8 Å². The minimum absolute atomic E-state index is 0.00112. The average molecular weight is 344 g/mol. The van der Waals surface area contributed by atoms with E-state index in [1.807, 2.05) is 24.3 Å². The van der Waals surface area contributed by atoms with Gasteiger partial charge < -0.3 is 10.2 Å². The van der Waals surface area contributed by atoms with Gasteiger partial charge in [0.15, 0.2) is 11.5 Å². The molecule has 2 atom stereocenters. The Labute approximate surface area is 147 Å². The molecule has 2 aliphatic rings. The van der Waals surface area contributed by atoms with Crippen molar-refractivity contribution < 1.29 is 10.2 Å². The predicted octanol–water partition coefficient (Wildman–Crippen LogP) is 4.45. The van der Waals surface area contributed by atoms with Crippen LogP contribution in [0.4, 0.5) is 0 Å². The molecule has 0 saturated carbocycles. The number of likely N-dealkylation sites (tertiary alicyclic amines) is 1. The largest absolute Gasteiger partial charge is 0.504 e. The lowest BCUT2D eigenvalue weighted by molar-refractivity contribution is 0.104. The Morgan fingerprint density at radius 2 is 2.00 bits per heavy atom. The molecule has 1 heterocycles. The highest BCUT2D eigenvalue weighted by Crippen LogP contribution is 2.45. The molecule has 1 saturated heterocycles. The molecule has 126 valence electrons. The maximum absolute atomic E-state index is 10.2. The van der Waals surface area contributed by atoms with E-state index in [1.54, 1.807) is 6.07 Å². The van der Waals surface area contributed by atoms with Crippen LogP contribution in [0.15, 0.2) is 36.4 Å². The lowest BCUT2D eigenvalue weighted by atomic mass is 9.74. The van der Waals surface area contributed by atoms with Crippen LogP contribution in [-0.4, -0.2) is 27.7 Å². The van der Waals surface area contributed by atoms with Crippen LogP contribution < -0.4 is 0 Å². The summed E-state index contributed by atoms with van der Waals surface area (Å²) in [6.07, 6.45) is 4.15. The third-order valence-corrected chi connectivity index (χ3v) is 5.79. The Bertz CT molecular complexity index is 761. The lowest BCUT2D eigenvalue weighted by Gasteiger charge is -2.45. The van der Waals surface area contributed by atoms with Crippen molar-refractivity contribution in [2.45, 2.75) is 44.2 Å². The van der Waals surface area contributed by atoms with Gasteiger partial charge in [0.05, 0.1) is 0 Å². The molecule has 0 bridgehead atoms. The van der Waals surface area contributed by atoms with Crippen LogP contribution in [0.5, 0.6) is 11.5 Å². The maximum Gasteiger partial charge on any atom is 0.160 e. The Kier molecular flexibility index (Phi) is 4.15. The van der Waals surface area contributed by atoms with Crippen LogP contribution in [0, 0.1) is 0 Å². The summed E-state index contributed by atoms with van der Waals surface area (Å²) in [5.41, 5.74) is 3.42. The topological polar surface area (TPSA) is 43.7 Å². The molecule has 1 fully saturated rings. The zero-order chi connectivity index (χ0) is 16.7. The van der Waals surface area contributed by atoms with E-state index in [0.29, 0.717) is 12.0 Å². The highest BCUT2D eigenvalue weighted by molar-refractivity contribution is 6.30. The summed E-state index contributed by atoms with van der Waals surface area (Å²) in [6.45, 7) is 2.02. The fraction of sp³-hybridized carbons (Fsp3) is 0.400. The second-order valence-electron chi connectivity index (χ2n) is 6.96. The van der Waals surface area contributed by atoms with E-state index >= 15 is 0 Å². The zero-order valence-electron chi connectivity index (χ0n) is 13.6. The van der Waals surface area contributed by atoms with Crippen LogP contribution in [0.1, 0.15) is 41.9 Å². The summed E-state index contributed by atoms with van der Waals surface area (Å²) < 4.78 is 0. The number of hydrogen-bond donors (Lipinski definition) is 2. The predicted molar refractivity (Wildman–Crippen MR) is 95.7 cm³/mol. The van der Waals surface area contributed by atoms with Gasteiger partial charge in [-0.05, 0) is 67.5 Å². The molecule has 24 heavy (non-hydrogen) atoms. The van der Waals surface area contributed by atoms with Crippen molar-refractivity contribution in [2.24, 2.45) is 0 Å². The molecule has 0 aromatic heterocycles. The quantitative estimate of drug-likeness (QED) is 0.792. The SMILES string of the molecule is Oc1ccc2c(c1O)CC[C@@H]1[C@@H]2CCCN1Cc1cccc(Cl)c1. The van der Waals surface area contributed by atoms with Gasteiger partial charge in [-0.2, -0.15) is 0 Å². The van der Waals surface area contributed by atoms with Gasteiger partial charge in [0, 0.05) is 23.2 Å². The number of phenolic OH excluding ortho intramolecular Hbond substituents is 2. The molecule has 0 unspecified atom stereocenters. The molecule has 1 aliphatic carbocycles. The van der Waals surface area contributed by atoms with Crippen LogP contribution in [0.2, 0.25) is 5.02 Å². The summed E-state index contributed by atoms with van der Waals surface area (Å²) in [4.78, 5) is 2.56. The Morgan fingerprint density at radius 3 is 2.83 bits per heavy atom. The molecular formula is C20H22ClNO2. The lowest BCUT2D eigenvalue weighted by Crippen LogP contribution is -2.45. The van der Waals surface area contributed by atoms with Crippen LogP contribution in [0.3, 0.4) is 0 Å². The smallest absolute Gasteiger partial charge is 0.160 e. The number of aromatic hydroxyl groups is 2. The van der Waals surface area contributed by atoms with E-state index in [0.717, 1.165) is 49.4 Å². The maximum atomic E-state index is 10.2. The first-order chi connectivity index (χ1) is 11.6. The number of rotatable bonds is 2. The molecule has 3 nitrogen and oxygen atoms in total. The molecule has 0 spiro atoms. The van der Waals surface area contributed by atoms with E-state index in [2.05, 4.69) is 11.0 Å². The first-order valence-electron chi connectivity index (χ1n) is 8.65. The minimum atomic E-state index is -0.00112. The van der Waals surface area contributed by atoms with E-state index in [1.165, 1.54) is 11.1 Å². The molecule has 1 aliphatic heterocycles. The summed E-state index contributed by atoms with van der Waals surface area (Å²) in [7, 11) is 0. The average Bonchev–Trinajstić information content (AvgIpc) is 2.58. The summed E-state index contributed by atoms with van der Waals surface area (Å²) in [5.74, 6) is 0.518.